The Balaban J connectivity index is 1.99. The summed E-state index contributed by atoms with van der Waals surface area (Å²) in [5, 5.41) is 0. The maximum atomic E-state index is 12.4. The summed E-state index contributed by atoms with van der Waals surface area (Å²) in [4.78, 5) is 39.2. The fraction of sp³-hybridized carbons (Fsp3) is 0.526. The SMILES string of the molecule is CC(=O)c1ccc(N(CCC(=O)N2CCCCCC2)C(C)=O)cc1. The number of ketones is 1. The molecule has 1 aromatic rings. The summed E-state index contributed by atoms with van der Waals surface area (Å²) in [5.41, 5.74) is 1.33. The lowest BCUT2D eigenvalue weighted by molar-refractivity contribution is -0.131. The van der Waals surface area contributed by atoms with Crippen molar-refractivity contribution in [3.05, 3.63) is 29.8 Å². The van der Waals surface area contributed by atoms with E-state index in [1.165, 1.54) is 26.7 Å². The molecule has 0 spiro atoms. The number of nitrogens with zero attached hydrogens (tertiary/aromatic N) is 2. The third-order valence-electron chi connectivity index (χ3n) is 4.47. The Morgan fingerprint density at radius 3 is 2.04 bits per heavy atom. The summed E-state index contributed by atoms with van der Waals surface area (Å²) in [5.74, 6) is 0.00464. The summed E-state index contributed by atoms with van der Waals surface area (Å²) in [6, 6.07) is 6.94. The number of Topliss-reactive ketones (excluding diaryl/α,β-unsaturated/α-hetero) is 1. The molecule has 5 heteroatoms. The summed E-state index contributed by atoms with van der Waals surface area (Å²) in [6.07, 6.45) is 4.83. The van der Waals surface area contributed by atoms with Gasteiger partial charge in [0.15, 0.2) is 5.78 Å². The van der Waals surface area contributed by atoms with Crippen molar-refractivity contribution in [2.24, 2.45) is 0 Å². The van der Waals surface area contributed by atoms with Crippen LogP contribution in [0.1, 0.15) is 56.3 Å². The summed E-state index contributed by atoms with van der Waals surface area (Å²) in [7, 11) is 0. The van der Waals surface area contributed by atoms with Crippen molar-refractivity contribution in [2.45, 2.75) is 46.0 Å². The molecule has 2 amide bonds. The number of rotatable bonds is 5. The van der Waals surface area contributed by atoms with Crippen LogP contribution in [0, 0.1) is 0 Å². The van der Waals surface area contributed by atoms with Crippen molar-refractivity contribution in [3.8, 4) is 0 Å². The third kappa shape index (κ3) is 4.91. The number of hydrogen-bond acceptors (Lipinski definition) is 3. The highest BCUT2D eigenvalue weighted by molar-refractivity contribution is 5.96. The van der Waals surface area contributed by atoms with E-state index in [-0.39, 0.29) is 17.6 Å². The third-order valence-corrected chi connectivity index (χ3v) is 4.47. The highest BCUT2D eigenvalue weighted by atomic mass is 16.2. The molecule has 0 atom stereocenters. The molecule has 5 nitrogen and oxygen atoms in total. The van der Waals surface area contributed by atoms with E-state index in [9.17, 15) is 14.4 Å². The monoisotopic (exact) mass is 330 g/mol. The Kier molecular flexibility index (Phi) is 6.53. The van der Waals surface area contributed by atoms with Gasteiger partial charge in [-0.15, -0.1) is 0 Å². The first-order valence-corrected chi connectivity index (χ1v) is 8.66. The van der Waals surface area contributed by atoms with E-state index in [0.717, 1.165) is 31.6 Å². The second-order valence-electron chi connectivity index (χ2n) is 6.32. The van der Waals surface area contributed by atoms with E-state index in [2.05, 4.69) is 0 Å². The van der Waals surface area contributed by atoms with Crippen molar-refractivity contribution in [3.63, 3.8) is 0 Å². The standard InChI is InChI=1S/C19H26N2O3/c1-15(22)17-7-9-18(10-8-17)21(16(2)23)14-11-19(24)20-12-5-3-4-6-13-20/h7-10H,3-6,11-14H2,1-2H3. The maximum Gasteiger partial charge on any atom is 0.224 e. The van der Waals surface area contributed by atoms with Crippen LogP contribution < -0.4 is 4.90 Å². The van der Waals surface area contributed by atoms with Crippen LogP contribution in [-0.4, -0.2) is 42.1 Å². The molecule has 1 aliphatic rings. The van der Waals surface area contributed by atoms with E-state index in [1.807, 2.05) is 4.90 Å². The molecular weight excluding hydrogens is 304 g/mol. The number of likely N-dealkylation sites (tertiary alicyclic amines) is 1. The number of hydrogen-bond donors (Lipinski definition) is 0. The molecule has 130 valence electrons. The zero-order chi connectivity index (χ0) is 17.5. The van der Waals surface area contributed by atoms with Gasteiger partial charge >= 0.3 is 0 Å². The van der Waals surface area contributed by atoms with Crippen LogP contribution in [0.3, 0.4) is 0 Å². The van der Waals surface area contributed by atoms with Crippen LogP contribution in [0.5, 0.6) is 0 Å². The molecule has 0 N–H and O–H groups in total. The van der Waals surface area contributed by atoms with E-state index in [4.69, 9.17) is 0 Å². The number of amides is 2. The van der Waals surface area contributed by atoms with Crippen molar-refractivity contribution in [1.29, 1.82) is 0 Å². The first-order chi connectivity index (χ1) is 11.5. The van der Waals surface area contributed by atoms with E-state index >= 15 is 0 Å². The number of benzene rings is 1. The number of anilines is 1. The Morgan fingerprint density at radius 1 is 0.958 bits per heavy atom. The van der Waals surface area contributed by atoms with Crippen molar-refractivity contribution >= 4 is 23.3 Å². The highest BCUT2D eigenvalue weighted by Crippen LogP contribution is 2.17. The van der Waals surface area contributed by atoms with Crippen LogP contribution in [0.4, 0.5) is 5.69 Å². The Hall–Kier alpha value is -2.17. The zero-order valence-corrected chi connectivity index (χ0v) is 14.6. The van der Waals surface area contributed by atoms with Gasteiger partial charge in [0.1, 0.15) is 0 Å². The van der Waals surface area contributed by atoms with Crippen molar-refractivity contribution in [1.82, 2.24) is 4.90 Å². The molecule has 1 aromatic carbocycles. The fourth-order valence-corrected chi connectivity index (χ4v) is 3.03. The van der Waals surface area contributed by atoms with Gasteiger partial charge in [-0.2, -0.15) is 0 Å². The highest BCUT2D eigenvalue weighted by Gasteiger charge is 2.18. The number of carbonyl (C=O) groups excluding carboxylic acids is 3. The minimum atomic E-state index is -0.103. The Bertz CT molecular complexity index is 587. The number of carbonyl (C=O) groups is 3. The maximum absolute atomic E-state index is 12.4. The average Bonchev–Trinajstić information content (AvgIpc) is 2.84. The topological polar surface area (TPSA) is 57.7 Å². The molecule has 1 heterocycles. The first kappa shape index (κ1) is 18.2. The van der Waals surface area contributed by atoms with Crippen LogP contribution >= 0.6 is 0 Å². The Morgan fingerprint density at radius 2 is 1.54 bits per heavy atom. The predicted molar refractivity (Wildman–Crippen MR) is 94.1 cm³/mol. The normalized spacial score (nSPS) is 14.8. The van der Waals surface area contributed by atoms with E-state index < -0.39 is 0 Å². The zero-order valence-electron chi connectivity index (χ0n) is 14.6. The van der Waals surface area contributed by atoms with Gasteiger partial charge in [-0.3, -0.25) is 14.4 Å². The smallest absolute Gasteiger partial charge is 0.224 e. The van der Waals surface area contributed by atoms with Gasteiger partial charge in [-0.1, -0.05) is 12.8 Å². The molecule has 1 fully saturated rings. The lowest BCUT2D eigenvalue weighted by Crippen LogP contribution is -2.36. The van der Waals surface area contributed by atoms with Gasteiger partial charge in [0.25, 0.3) is 0 Å². The molecule has 2 rings (SSSR count). The molecule has 0 unspecified atom stereocenters. The molecule has 0 saturated carbocycles. The van der Waals surface area contributed by atoms with E-state index in [0.29, 0.717) is 18.5 Å². The summed E-state index contributed by atoms with van der Waals surface area (Å²) < 4.78 is 0. The van der Waals surface area contributed by atoms with Crippen molar-refractivity contribution in [2.75, 3.05) is 24.5 Å². The molecule has 1 saturated heterocycles. The van der Waals surface area contributed by atoms with Crippen LogP contribution in [0.25, 0.3) is 0 Å². The van der Waals surface area contributed by atoms with Crippen LogP contribution in [0.15, 0.2) is 24.3 Å². The molecule has 1 aliphatic heterocycles. The first-order valence-electron chi connectivity index (χ1n) is 8.66. The molecule has 0 aromatic heterocycles. The van der Waals surface area contributed by atoms with E-state index in [1.54, 1.807) is 29.2 Å². The van der Waals surface area contributed by atoms with Crippen molar-refractivity contribution < 1.29 is 14.4 Å². The molecular formula is C19H26N2O3. The van der Waals surface area contributed by atoms with Gasteiger partial charge in [0, 0.05) is 44.2 Å². The molecule has 0 aliphatic carbocycles. The largest absolute Gasteiger partial charge is 0.343 e. The Labute approximate surface area is 143 Å². The fourth-order valence-electron chi connectivity index (χ4n) is 3.03. The van der Waals surface area contributed by atoms with Gasteiger partial charge in [0.2, 0.25) is 11.8 Å². The lowest BCUT2D eigenvalue weighted by Gasteiger charge is -2.24. The molecule has 0 radical (unpaired) electrons. The van der Waals surface area contributed by atoms with Gasteiger partial charge in [-0.05, 0) is 44.0 Å². The molecule has 24 heavy (non-hydrogen) atoms. The van der Waals surface area contributed by atoms with Gasteiger partial charge in [-0.25, -0.2) is 0 Å². The summed E-state index contributed by atoms with van der Waals surface area (Å²) in [6.45, 7) is 5.02. The average molecular weight is 330 g/mol. The summed E-state index contributed by atoms with van der Waals surface area (Å²) >= 11 is 0. The minimum absolute atomic E-state index is 0.00716. The minimum Gasteiger partial charge on any atom is -0.343 e. The van der Waals surface area contributed by atoms with Crippen LogP contribution in [-0.2, 0) is 9.59 Å². The lowest BCUT2D eigenvalue weighted by atomic mass is 10.1. The predicted octanol–water partition coefficient (Wildman–Crippen LogP) is 3.03. The quantitative estimate of drug-likeness (QED) is 0.780. The second-order valence-corrected chi connectivity index (χ2v) is 6.32. The van der Waals surface area contributed by atoms with Gasteiger partial charge in [0.05, 0.1) is 0 Å². The molecule has 0 bridgehead atoms. The van der Waals surface area contributed by atoms with Crippen LogP contribution in [0.2, 0.25) is 0 Å². The van der Waals surface area contributed by atoms with Gasteiger partial charge < -0.3 is 9.80 Å². The second kappa shape index (κ2) is 8.62.